The molecular weight excluding hydrogens is 146 g/mol. The normalized spacial score (nSPS) is 8.42. The van der Waals surface area contributed by atoms with Gasteiger partial charge in [-0.3, -0.25) is 0 Å². The molecular formula is C11H11N. The van der Waals surface area contributed by atoms with Crippen molar-refractivity contribution in [2.45, 2.75) is 6.92 Å². The van der Waals surface area contributed by atoms with Crippen molar-refractivity contribution >= 4 is 5.70 Å². The van der Waals surface area contributed by atoms with E-state index in [9.17, 15) is 0 Å². The summed E-state index contributed by atoms with van der Waals surface area (Å²) >= 11 is 0. The Morgan fingerprint density at radius 2 is 1.92 bits per heavy atom. The lowest BCUT2D eigenvalue weighted by atomic mass is 10.1. The van der Waals surface area contributed by atoms with Crippen LogP contribution in [0.4, 0.5) is 0 Å². The molecule has 0 radical (unpaired) electrons. The third-order valence-corrected chi connectivity index (χ3v) is 1.53. The summed E-state index contributed by atoms with van der Waals surface area (Å²) in [6, 6.07) is 7.71. The first kappa shape index (κ1) is 8.42. The Hall–Kier alpha value is -1.68. The molecule has 0 saturated carbocycles. The van der Waals surface area contributed by atoms with Crippen LogP contribution in [0.5, 0.6) is 0 Å². The summed E-state index contributed by atoms with van der Waals surface area (Å²) in [6.07, 6.45) is 0. The Morgan fingerprint density at radius 1 is 1.33 bits per heavy atom. The summed E-state index contributed by atoms with van der Waals surface area (Å²) in [7, 11) is 0. The van der Waals surface area contributed by atoms with E-state index in [0.29, 0.717) is 5.70 Å². The first-order valence-electron chi connectivity index (χ1n) is 3.71. The number of hydrogen-bond acceptors (Lipinski definition) is 1. The Balaban J connectivity index is 2.98. The molecule has 1 aromatic rings. The van der Waals surface area contributed by atoms with Crippen molar-refractivity contribution in [1.82, 2.24) is 0 Å². The lowest BCUT2D eigenvalue weighted by Crippen LogP contribution is -1.92. The van der Waals surface area contributed by atoms with E-state index in [2.05, 4.69) is 18.4 Å². The summed E-state index contributed by atoms with van der Waals surface area (Å²) in [5.41, 5.74) is 8.05. The highest BCUT2D eigenvalue weighted by molar-refractivity contribution is 5.60. The summed E-state index contributed by atoms with van der Waals surface area (Å²) in [4.78, 5) is 0. The second-order valence-corrected chi connectivity index (χ2v) is 2.48. The zero-order chi connectivity index (χ0) is 8.97. The molecule has 0 aromatic heterocycles. The van der Waals surface area contributed by atoms with Gasteiger partial charge in [0, 0.05) is 11.3 Å². The zero-order valence-electron chi connectivity index (χ0n) is 7.09. The number of nitrogens with two attached hydrogens (primary N) is 1. The second-order valence-electron chi connectivity index (χ2n) is 2.48. The molecule has 1 heteroatoms. The highest BCUT2D eigenvalue weighted by Gasteiger charge is 1.91. The van der Waals surface area contributed by atoms with E-state index in [0.717, 1.165) is 11.1 Å². The molecule has 0 aliphatic carbocycles. The van der Waals surface area contributed by atoms with Crippen LogP contribution in [0.3, 0.4) is 0 Å². The summed E-state index contributed by atoms with van der Waals surface area (Å²) in [5.74, 6) is 5.78. The van der Waals surface area contributed by atoms with Crippen LogP contribution in [0.15, 0.2) is 30.8 Å². The first-order valence-corrected chi connectivity index (χ1v) is 3.71. The fourth-order valence-electron chi connectivity index (χ4n) is 0.912. The molecule has 0 fully saturated rings. The maximum Gasteiger partial charge on any atom is 0.0314 e. The molecule has 0 bridgehead atoms. The van der Waals surface area contributed by atoms with Gasteiger partial charge in [-0.2, -0.15) is 0 Å². The van der Waals surface area contributed by atoms with E-state index in [4.69, 9.17) is 5.73 Å². The maximum atomic E-state index is 5.51. The first-order chi connectivity index (χ1) is 5.74. The second kappa shape index (κ2) is 3.64. The Kier molecular flexibility index (Phi) is 2.55. The molecule has 2 N–H and O–H groups in total. The molecule has 12 heavy (non-hydrogen) atoms. The van der Waals surface area contributed by atoms with Crippen molar-refractivity contribution in [2.75, 3.05) is 0 Å². The Labute approximate surface area is 72.9 Å². The predicted octanol–water partition coefficient (Wildman–Crippen LogP) is 1.99. The lowest BCUT2D eigenvalue weighted by molar-refractivity contribution is 1.51. The fraction of sp³-hybridized carbons (Fsp3) is 0.0909. The van der Waals surface area contributed by atoms with E-state index < -0.39 is 0 Å². The molecule has 0 aliphatic rings. The van der Waals surface area contributed by atoms with Crippen LogP contribution in [-0.2, 0) is 0 Å². The monoisotopic (exact) mass is 157 g/mol. The van der Waals surface area contributed by atoms with Gasteiger partial charge < -0.3 is 5.73 Å². The van der Waals surface area contributed by atoms with Crippen molar-refractivity contribution < 1.29 is 0 Å². The molecule has 0 spiro atoms. The van der Waals surface area contributed by atoms with Crippen LogP contribution >= 0.6 is 0 Å². The number of rotatable bonds is 1. The van der Waals surface area contributed by atoms with Gasteiger partial charge in [0.1, 0.15) is 0 Å². The molecule has 0 amide bonds. The molecule has 0 atom stereocenters. The van der Waals surface area contributed by atoms with Crippen LogP contribution in [0.1, 0.15) is 18.1 Å². The maximum absolute atomic E-state index is 5.51. The molecule has 60 valence electrons. The standard InChI is InChI=1S/C11H11N/c1-3-4-10-5-7-11(8-6-10)9(2)12/h5-8H,2,12H2,1H3. The van der Waals surface area contributed by atoms with Crippen LogP contribution in [0.25, 0.3) is 5.70 Å². The van der Waals surface area contributed by atoms with Gasteiger partial charge in [0.05, 0.1) is 0 Å². The van der Waals surface area contributed by atoms with Crippen LogP contribution < -0.4 is 5.73 Å². The third kappa shape index (κ3) is 1.90. The summed E-state index contributed by atoms with van der Waals surface area (Å²) in [6.45, 7) is 5.46. The van der Waals surface area contributed by atoms with Crippen LogP contribution in [-0.4, -0.2) is 0 Å². The molecule has 0 aliphatic heterocycles. The quantitative estimate of drug-likeness (QED) is 0.620. The summed E-state index contributed by atoms with van der Waals surface area (Å²) < 4.78 is 0. The van der Waals surface area contributed by atoms with Gasteiger partial charge in [0.25, 0.3) is 0 Å². The molecule has 1 aromatic carbocycles. The van der Waals surface area contributed by atoms with Crippen molar-refractivity contribution in [3.05, 3.63) is 42.0 Å². The van der Waals surface area contributed by atoms with E-state index >= 15 is 0 Å². The van der Waals surface area contributed by atoms with Crippen molar-refractivity contribution in [2.24, 2.45) is 5.73 Å². The number of hydrogen-bond donors (Lipinski definition) is 1. The summed E-state index contributed by atoms with van der Waals surface area (Å²) in [5, 5.41) is 0. The SMILES string of the molecule is C=C(N)c1ccc(C#CC)cc1. The minimum atomic E-state index is 0.589. The molecule has 0 saturated heterocycles. The average molecular weight is 157 g/mol. The lowest BCUT2D eigenvalue weighted by Gasteiger charge is -1.97. The Morgan fingerprint density at radius 3 is 2.33 bits per heavy atom. The minimum Gasteiger partial charge on any atom is -0.399 e. The highest BCUT2D eigenvalue weighted by Crippen LogP contribution is 2.07. The molecule has 1 nitrogen and oxygen atoms in total. The van der Waals surface area contributed by atoms with Gasteiger partial charge in [-0.15, -0.1) is 5.92 Å². The highest BCUT2D eigenvalue weighted by atomic mass is 14.6. The zero-order valence-corrected chi connectivity index (χ0v) is 7.09. The van der Waals surface area contributed by atoms with Gasteiger partial charge in [0.15, 0.2) is 0 Å². The van der Waals surface area contributed by atoms with Gasteiger partial charge in [-0.25, -0.2) is 0 Å². The van der Waals surface area contributed by atoms with Crippen molar-refractivity contribution in [3.8, 4) is 11.8 Å². The number of benzene rings is 1. The smallest absolute Gasteiger partial charge is 0.0314 e. The van der Waals surface area contributed by atoms with E-state index in [-0.39, 0.29) is 0 Å². The molecule has 1 rings (SSSR count). The molecule has 0 unspecified atom stereocenters. The van der Waals surface area contributed by atoms with Gasteiger partial charge in [0.2, 0.25) is 0 Å². The van der Waals surface area contributed by atoms with E-state index in [1.165, 1.54) is 0 Å². The van der Waals surface area contributed by atoms with Gasteiger partial charge in [-0.1, -0.05) is 24.6 Å². The van der Waals surface area contributed by atoms with Crippen molar-refractivity contribution in [1.29, 1.82) is 0 Å². The fourth-order valence-corrected chi connectivity index (χ4v) is 0.912. The Bertz CT molecular complexity index is 336. The van der Waals surface area contributed by atoms with E-state index in [1.54, 1.807) is 0 Å². The van der Waals surface area contributed by atoms with E-state index in [1.807, 2.05) is 31.2 Å². The predicted molar refractivity (Wildman–Crippen MR) is 52.2 cm³/mol. The van der Waals surface area contributed by atoms with Crippen LogP contribution in [0, 0.1) is 11.8 Å². The van der Waals surface area contributed by atoms with Gasteiger partial charge >= 0.3 is 0 Å². The minimum absolute atomic E-state index is 0.589. The van der Waals surface area contributed by atoms with Crippen LogP contribution in [0.2, 0.25) is 0 Å². The third-order valence-electron chi connectivity index (χ3n) is 1.53. The van der Waals surface area contributed by atoms with Gasteiger partial charge in [-0.05, 0) is 24.6 Å². The van der Waals surface area contributed by atoms with Crippen molar-refractivity contribution in [3.63, 3.8) is 0 Å². The molecule has 0 heterocycles. The largest absolute Gasteiger partial charge is 0.399 e. The average Bonchev–Trinajstić information content (AvgIpc) is 2.06. The topological polar surface area (TPSA) is 26.0 Å².